The number of carbonyl (C=O) groups excluding carboxylic acids is 1. The molecule has 1 aliphatic heterocycles. The normalized spacial score (nSPS) is 14.1. The van der Waals surface area contributed by atoms with Crippen molar-refractivity contribution in [2.24, 2.45) is 0 Å². The number of hydrogen-bond acceptors (Lipinski definition) is 3. The predicted octanol–water partition coefficient (Wildman–Crippen LogP) is 2.97. The van der Waals surface area contributed by atoms with E-state index in [1.807, 2.05) is 30.3 Å². The number of halogens is 1. The van der Waals surface area contributed by atoms with Crippen LogP contribution in [-0.4, -0.2) is 29.4 Å². The van der Waals surface area contributed by atoms with Gasteiger partial charge in [0.2, 0.25) is 0 Å². The number of nitrogens with zero attached hydrogens (tertiary/aromatic N) is 2. The molecule has 0 atom stereocenters. The molecule has 20 heavy (non-hydrogen) atoms. The first-order valence-corrected chi connectivity index (χ1v) is 6.63. The lowest BCUT2D eigenvalue weighted by atomic mass is 10.1. The fraction of sp³-hybridized carbons (Fsp3) is 0.200. The molecule has 0 saturated heterocycles. The van der Waals surface area contributed by atoms with E-state index in [4.69, 9.17) is 16.3 Å². The van der Waals surface area contributed by atoms with Gasteiger partial charge in [-0.25, -0.2) is 4.68 Å². The summed E-state index contributed by atoms with van der Waals surface area (Å²) in [6.07, 6.45) is 2.27. The molecule has 1 aromatic heterocycles. The molecule has 0 spiro atoms. The van der Waals surface area contributed by atoms with E-state index < -0.39 is 0 Å². The van der Waals surface area contributed by atoms with E-state index in [1.54, 1.807) is 13.2 Å². The van der Waals surface area contributed by atoms with Gasteiger partial charge >= 0.3 is 0 Å². The number of rotatable bonds is 3. The molecule has 0 N–H and O–H groups in total. The average Bonchev–Trinajstić information content (AvgIpc) is 2.84. The van der Waals surface area contributed by atoms with Crippen molar-refractivity contribution in [2.45, 2.75) is 6.42 Å². The Balaban J connectivity index is 1.95. The summed E-state index contributed by atoms with van der Waals surface area (Å²) >= 11 is 5.88. The van der Waals surface area contributed by atoms with Gasteiger partial charge in [-0.15, -0.1) is 0 Å². The highest BCUT2D eigenvalue weighted by Crippen LogP contribution is 2.24. The number of allylic oxidation sites excluding steroid dienone is 1. The molecule has 2 aromatic rings. The van der Waals surface area contributed by atoms with Crippen LogP contribution in [0, 0.1) is 0 Å². The Labute approximate surface area is 121 Å². The Kier molecular flexibility index (Phi) is 3.42. The quantitative estimate of drug-likeness (QED) is 0.872. The van der Waals surface area contributed by atoms with Crippen molar-refractivity contribution < 1.29 is 9.53 Å². The van der Waals surface area contributed by atoms with E-state index in [1.165, 1.54) is 4.68 Å². The van der Waals surface area contributed by atoms with E-state index in [0.717, 1.165) is 22.5 Å². The smallest absolute Gasteiger partial charge is 0.271 e. The van der Waals surface area contributed by atoms with Gasteiger partial charge in [-0.3, -0.25) is 4.79 Å². The maximum absolute atomic E-state index is 12.0. The number of fused-ring (bicyclic) bond motifs is 1. The number of ether oxygens (including phenoxy) is 1. The zero-order valence-corrected chi connectivity index (χ0v) is 11.7. The van der Waals surface area contributed by atoms with Crippen molar-refractivity contribution in [3.05, 3.63) is 52.7 Å². The van der Waals surface area contributed by atoms with Crippen LogP contribution in [0.4, 0.5) is 0 Å². The summed E-state index contributed by atoms with van der Waals surface area (Å²) in [6, 6.07) is 9.34. The van der Waals surface area contributed by atoms with Gasteiger partial charge in [0.15, 0.2) is 0 Å². The monoisotopic (exact) mass is 288 g/mol. The van der Waals surface area contributed by atoms with E-state index in [9.17, 15) is 4.79 Å². The molecule has 4 nitrogen and oxygen atoms in total. The number of aromatic nitrogens is 2. The topological polar surface area (TPSA) is 44.1 Å². The van der Waals surface area contributed by atoms with Crippen LogP contribution in [0.1, 0.15) is 10.5 Å². The molecule has 0 amide bonds. The van der Waals surface area contributed by atoms with E-state index in [-0.39, 0.29) is 5.91 Å². The van der Waals surface area contributed by atoms with Crippen LogP contribution in [0.5, 0.6) is 0 Å². The Bertz CT molecular complexity index is 686. The molecule has 1 aliphatic rings. The zero-order chi connectivity index (χ0) is 14.1. The van der Waals surface area contributed by atoms with E-state index in [2.05, 4.69) is 5.10 Å². The van der Waals surface area contributed by atoms with E-state index >= 15 is 0 Å². The van der Waals surface area contributed by atoms with Gasteiger partial charge < -0.3 is 4.74 Å². The summed E-state index contributed by atoms with van der Waals surface area (Å²) < 4.78 is 6.53. The number of hydrogen-bond donors (Lipinski definition) is 0. The van der Waals surface area contributed by atoms with Crippen LogP contribution in [0.3, 0.4) is 0 Å². The average molecular weight is 289 g/mol. The van der Waals surface area contributed by atoms with Gasteiger partial charge in [-0.1, -0.05) is 23.7 Å². The molecule has 1 aromatic carbocycles. The minimum absolute atomic E-state index is 0.126. The molecule has 5 heteroatoms. The molecule has 0 saturated carbocycles. The zero-order valence-electron chi connectivity index (χ0n) is 11.0. The van der Waals surface area contributed by atoms with Crippen LogP contribution in [0.2, 0.25) is 5.02 Å². The summed E-state index contributed by atoms with van der Waals surface area (Å²) in [5.74, 6) is -0.126. The molecule has 2 heterocycles. The Hall–Kier alpha value is -1.91. The fourth-order valence-corrected chi connectivity index (χ4v) is 2.42. The van der Waals surface area contributed by atoms with Gasteiger partial charge in [0.25, 0.3) is 5.91 Å². The molecule has 0 aliphatic carbocycles. The third kappa shape index (κ3) is 2.40. The summed E-state index contributed by atoms with van der Waals surface area (Å²) in [6.45, 7) is 0.465. The van der Waals surface area contributed by atoms with Crippen molar-refractivity contribution in [1.29, 1.82) is 0 Å². The van der Waals surface area contributed by atoms with Crippen LogP contribution >= 0.6 is 11.6 Å². The Morgan fingerprint density at radius 1 is 1.35 bits per heavy atom. The maximum atomic E-state index is 12.0. The molecule has 3 rings (SSSR count). The Morgan fingerprint density at radius 2 is 2.10 bits per heavy atom. The maximum Gasteiger partial charge on any atom is 0.271 e. The second-order valence-electron chi connectivity index (χ2n) is 4.69. The summed E-state index contributed by atoms with van der Waals surface area (Å²) in [5, 5.41) is 5.04. The van der Waals surface area contributed by atoms with Gasteiger partial charge in [-0.05, 0) is 23.8 Å². The molecule has 0 unspecified atom stereocenters. The first kappa shape index (κ1) is 13.1. The lowest BCUT2D eigenvalue weighted by Gasteiger charge is -2.12. The highest BCUT2D eigenvalue weighted by molar-refractivity contribution is 6.30. The predicted molar refractivity (Wildman–Crippen MR) is 77.0 cm³/mol. The number of carbonyl (C=O) groups is 1. The summed E-state index contributed by atoms with van der Waals surface area (Å²) in [4.78, 5) is 12.0. The molecular formula is C15H13ClN2O2. The van der Waals surface area contributed by atoms with Crippen molar-refractivity contribution in [2.75, 3.05) is 13.7 Å². The minimum Gasteiger partial charge on any atom is -0.380 e. The molecule has 0 radical (unpaired) electrons. The Morgan fingerprint density at radius 3 is 2.80 bits per heavy atom. The molecule has 0 fully saturated rings. The summed E-state index contributed by atoms with van der Waals surface area (Å²) in [7, 11) is 1.62. The highest BCUT2D eigenvalue weighted by Gasteiger charge is 2.20. The van der Waals surface area contributed by atoms with Crippen molar-refractivity contribution >= 4 is 17.5 Å². The van der Waals surface area contributed by atoms with Crippen LogP contribution in [0.25, 0.3) is 11.3 Å². The first-order valence-electron chi connectivity index (χ1n) is 6.25. The van der Waals surface area contributed by atoms with Gasteiger partial charge in [-0.2, -0.15) is 5.10 Å². The fourth-order valence-electron chi connectivity index (χ4n) is 2.30. The van der Waals surface area contributed by atoms with Gasteiger partial charge in [0.05, 0.1) is 18.0 Å². The second kappa shape index (κ2) is 5.23. The second-order valence-corrected chi connectivity index (χ2v) is 5.13. The molecular weight excluding hydrogens is 276 g/mol. The highest BCUT2D eigenvalue weighted by atomic mass is 35.5. The standard InChI is InChI=1S/C15H13ClN2O2/c1-20-9-10-6-13-8-14(17-18(13)15(19)7-10)11-2-4-12(16)5-3-11/h2-5,7-8H,6,9H2,1H3. The van der Waals surface area contributed by atoms with Crippen LogP contribution in [0.15, 0.2) is 42.0 Å². The third-order valence-corrected chi connectivity index (χ3v) is 3.45. The number of benzene rings is 1. The SMILES string of the molecule is COCC1=CC(=O)n2nc(-c3ccc(Cl)cc3)cc2C1. The van der Waals surface area contributed by atoms with Crippen LogP contribution < -0.4 is 0 Å². The van der Waals surface area contributed by atoms with Crippen molar-refractivity contribution in [3.63, 3.8) is 0 Å². The van der Waals surface area contributed by atoms with Gasteiger partial charge in [0.1, 0.15) is 0 Å². The van der Waals surface area contributed by atoms with Crippen molar-refractivity contribution in [1.82, 2.24) is 9.78 Å². The first-order chi connectivity index (χ1) is 9.67. The summed E-state index contributed by atoms with van der Waals surface area (Å²) in [5.41, 5.74) is 3.57. The lowest BCUT2D eigenvalue weighted by molar-refractivity contribution is 0.0943. The lowest BCUT2D eigenvalue weighted by Crippen LogP contribution is -2.20. The largest absolute Gasteiger partial charge is 0.380 e. The third-order valence-electron chi connectivity index (χ3n) is 3.20. The van der Waals surface area contributed by atoms with Crippen molar-refractivity contribution in [3.8, 4) is 11.3 Å². The number of methoxy groups -OCH3 is 1. The van der Waals surface area contributed by atoms with Crippen LogP contribution in [-0.2, 0) is 11.2 Å². The van der Waals surface area contributed by atoms with Gasteiger partial charge in [0, 0.05) is 30.2 Å². The van der Waals surface area contributed by atoms with E-state index in [0.29, 0.717) is 18.1 Å². The molecule has 102 valence electrons. The minimum atomic E-state index is -0.126. The molecule has 0 bridgehead atoms.